The number of rotatable bonds is 5. The number of hydrogen-bond donors (Lipinski definition) is 0. The van der Waals surface area contributed by atoms with Gasteiger partial charge >= 0.3 is 6.61 Å². The molecule has 1 saturated heterocycles. The Morgan fingerprint density at radius 3 is 3.00 bits per heavy atom. The summed E-state index contributed by atoms with van der Waals surface area (Å²) in [5.41, 5.74) is 1.56. The van der Waals surface area contributed by atoms with Crippen molar-refractivity contribution >= 4 is 5.91 Å². The van der Waals surface area contributed by atoms with Gasteiger partial charge < -0.3 is 14.4 Å². The van der Waals surface area contributed by atoms with Crippen LogP contribution in [0.25, 0.3) is 0 Å². The molecule has 5 nitrogen and oxygen atoms in total. The predicted octanol–water partition coefficient (Wildman–Crippen LogP) is 2.83. The van der Waals surface area contributed by atoms with Crippen LogP contribution in [0.15, 0.2) is 48.8 Å². The van der Waals surface area contributed by atoms with Crippen molar-refractivity contribution in [1.29, 1.82) is 0 Å². The third-order valence-corrected chi connectivity index (χ3v) is 3.95. The zero-order valence-electron chi connectivity index (χ0n) is 13.5. The molecule has 1 fully saturated rings. The molecule has 1 atom stereocenters. The molecule has 0 saturated carbocycles. The molecule has 0 radical (unpaired) electrons. The van der Waals surface area contributed by atoms with Crippen LogP contribution in [0.2, 0.25) is 0 Å². The molecule has 1 aliphatic heterocycles. The first-order chi connectivity index (χ1) is 12.1. The highest BCUT2D eigenvalue weighted by atomic mass is 19.3. The average Bonchev–Trinajstić information content (AvgIpc) is 2.62. The molecule has 1 amide bonds. The number of pyridine rings is 1. The van der Waals surface area contributed by atoms with Gasteiger partial charge in [0.25, 0.3) is 0 Å². The highest BCUT2D eigenvalue weighted by Crippen LogP contribution is 2.26. The number of carbonyl (C=O) groups is 1. The first-order valence-electron chi connectivity index (χ1n) is 7.95. The monoisotopic (exact) mass is 348 g/mol. The molecule has 2 heterocycles. The number of nitrogens with zero attached hydrogens (tertiary/aromatic N) is 2. The summed E-state index contributed by atoms with van der Waals surface area (Å²) >= 11 is 0. The van der Waals surface area contributed by atoms with Crippen molar-refractivity contribution in [3.8, 4) is 5.75 Å². The Balaban J connectivity index is 1.65. The molecule has 0 N–H and O–H groups in total. The first kappa shape index (κ1) is 17.3. The SMILES string of the molecule is O=C(Cc1cccnc1)N1CCO[C@H](c2cccc(OC(F)F)c2)C1. The van der Waals surface area contributed by atoms with Crippen molar-refractivity contribution in [3.63, 3.8) is 0 Å². The van der Waals surface area contributed by atoms with Crippen LogP contribution in [-0.2, 0) is 16.0 Å². The number of hydrogen-bond acceptors (Lipinski definition) is 4. The summed E-state index contributed by atoms with van der Waals surface area (Å²) in [6.07, 6.45) is 3.23. The van der Waals surface area contributed by atoms with Gasteiger partial charge in [-0.05, 0) is 29.3 Å². The normalized spacial score (nSPS) is 17.6. The van der Waals surface area contributed by atoms with E-state index in [1.807, 2.05) is 6.07 Å². The topological polar surface area (TPSA) is 51.7 Å². The van der Waals surface area contributed by atoms with Crippen LogP contribution in [0.3, 0.4) is 0 Å². The van der Waals surface area contributed by atoms with Crippen molar-refractivity contribution in [1.82, 2.24) is 9.88 Å². The Hall–Kier alpha value is -2.54. The lowest BCUT2D eigenvalue weighted by molar-refractivity contribution is -0.138. The molecular formula is C18H18F2N2O3. The van der Waals surface area contributed by atoms with Crippen LogP contribution in [0.4, 0.5) is 8.78 Å². The van der Waals surface area contributed by atoms with Crippen LogP contribution in [0.1, 0.15) is 17.2 Å². The summed E-state index contributed by atoms with van der Waals surface area (Å²) in [5, 5.41) is 0. The molecule has 0 bridgehead atoms. The fourth-order valence-electron chi connectivity index (χ4n) is 2.76. The largest absolute Gasteiger partial charge is 0.435 e. The number of halogens is 2. The van der Waals surface area contributed by atoms with Gasteiger partial charge in [-0.3, -0.25) is 9.78 Å². The van der Waals surface area contributed by atoms with Gasteiger partial charge in [0.05, 0.1) is 19.6 Å². The number of morpholine rings is 1. The average molecular weight is 348 g/mol. The van der Waals surface area contributed by atoms with Gasteiger partial charge in [-0.15, -0.1) is 0 Å². The predicted molar refractivity (Wildman–Crippen MR) is 86.3 cm³/mol. The fourth-order valence-corrected chi connectivity index (χ4v) is 2.76. The van der Waals surface area contributed by atoms with Crippen molar-refractivity contribution in [2.75, 3.05) is 19.7 Å². The van der Waals surface area contributed by atoms with E-state index in [1.165, 1.54) is 12.1 Å². The van der Waals surface area contributed by atoms with E-state index in [4.69, 9.17) is 4.74 Å². The first-order valence-corrected chi connectivity index (χ1v) is 7.95. The Bertz CT molecular complexity index is 712. The van der Waals surface area contributed by atoms with Gasteiger partial charge in [0.2, 0.25) is 5.91 Å². The molecule has 2 aromatic rings. The number of alkyl halides is 2. The standard InChI is InChI=1S/C18H18F2N2O3/c19-18(20)25-15-5-1-4-14(10-15)16-12-22(7-8-24-16)17(23)9-13-3-2-6-21-11-13/h1-6,10-11,16,18H,7-9,12H2/t16-/m0/s1. The molecule has 0 spiro atoms. The maximum atomic E-state index is 12.5. The highest BCUT2D eigenvalue weighted by molar-refractivity contribution is 5.78. The van der Waals surface area contributed by atoms with E-state index in [0.717, 1.165) is 5.56 Å². The van der Waals surface area contributed by atoms with Crippen molar-refractivity contribution in [2.45, 2.75) is 19.1 Å². The number of amides is 1. The van der Waals surface area contributed by atoms with Crippen LogP contribution in [0, 0.1) is 0 Å². The van der Waals surface area contributed by atoms with E-state index in [1.54, 1.807) is 35.5 Å². The number of aromatic nitrogens is 1. The van der Waals surface area contributed by atoms with E-state index in [0.29, 0.717) is 25.3 Å². The van der Waals surface area contributed by atoms with Crippen molar-refractivity contribution < 1.29 is 23.0 Å². The van der Waals surface area contributed by atoms with Gasteiger partial charge in [-0.1, -0.05) is 18.2 Å². The lowest BCUT2D eigenvalue weighted by Gasteiger charge is -2.33. The maximum absolute atomic E-state index is 12.5. The molecule has 3 rings (SSSR count). The highest BCUT2D eigenvalue weighted by Gasteiger charge is 2.25. The fraction of sp³-hybridized carbons (Fsp3) is 0.333. The molecule has 1 aliphatic rings. The summed E-state index contributed by atoms with van der Waals surface area (Å²) in [4.78, 5) is 18.2. The third kappa shape index (κ3) is 4.73. The Kier molecular flexibility index (Phi) is 5.55. The molecule has 0 unspecified atom stereocenters. The summed E-state index contributed by atoms with van der Waals surface area (Å²) in [7, 11) is 0. The van der Waals surface area contributed by atoms with E-state index in [-0.39, 0.29) is 24.2 Å². The van der Waals surface area contributed by atoms with Gasteiger partial charge in [-0.25, -0.2) is 0 Å². The zero-order valence-corrected chi connectivity index (χ0v) is 13.5. The summed E-state index contributed by atoms with van der Waals surface area (Å²) < 4.78 is 34.8. The second kappa shape index (κ2) is 8.02. The lowest BCUT2D eigenvalue weighted by Crippen LogP contribution is -2.43. The van der Waals surface area contributed by atoms with Crippen LogP contribution in [0.5, 0.6) is 5.75 Å². The number of ether oxygens (including phenoxy) is 2. The van der Waals surface area contributed by atoms with Crippen LogP contribution < -0.4 is 4.74 Å². The summed E-state index contributed by atoms with van der Waals surface area (Å²) in [6.45, 7) is -1.61. The molecule has 7 heteroatoms. The summed E-state index contributed by atoms with van der Waals surface area (Å²) in [5.74, 6) is 0.0659. The molecule has 0 aliphatic carbocycles. The quantitative estimate of drug-likeness (QED) is 0.834. The van der Waals surface area contributed by atoms with E-state index < -0.39 is 6.61 Å². The van der Waals surface area contributed by atoms with Crippen LogP contribution >= 0.6 is 0 Å². The lowest BCUT2D eigenvalue weighted by atomic mass is 10.1. The van der Waals surface area contributed by atoms with Gasteiger partial charge in [0.15, 0.2) is 0 Å². The minimum Gasteiger partial charge on any atom is -0.435 e. The molecule has 1 aromatic heterocycles. The molecular weight excluding hydrogens is 330 g/mol. The second-order valence-corrected chi connectivity index (χ2v) is 5.69. The minimum absolute atomic E-state index is 0.0127. The van der Waals surface area contributed by atoms with Gasteiger partial charge in [0.1, 0.15) is 11.9 Å². The van der Waals surface area contributed by atoms with E-state index in [2.05, 4.69) is 9.72 Å². The number of carbonyl (C=O) groups excluding carboxylic acids is 1. The third-order valence-electron chi connectivity index (χ3n) is 3.95. The van der Waals surface area contributed by atoms with E-state index in [9.17, 15) is 13.6 Å². The second-order valence-electron chi connectivity index (χ2n) is 5.69. The van der Waals surface area contributed by atoms with Gasteiger partial charge in [0, 0.05) is 18.9 Å². The molecule has 25 heavy (non-hydrogen) atoms. The van der Waals surface area contributed by atoms with E-state index >= 15 is 0 Å². The zero-order chi connectivity index (χ0) is 17.6. The number of benzene rings is 1. The summed E-state index contributed by atoms with van der Waals surface area (Å²) in [6, 6.07) is 10.0. The van der Waals surface area contributed by atoms with Crippen molar-refractivity contribution in [3.05, 3.63) is 59.9 Å². The minimum atomic E-state index is -2.87. The van der Waals surface area contributed by atoms with Gasteiger partial charge in [-0.2, -0.15) is 8.78 Å². The molecule has 132 valence electrons. The van der Waals surface area contributed by atoms with Crippen molar-refractivity contribution in [2.24, 2.45) is 0 Å². The van der Waals surface area contributed by atoms with Crippen LogP contribution in [-0.4, -0.2) is 42.1 Å². The Morgan fingerprint density at radius 2 is 2.24 bits per heavy atom. The Labute approximate surface area is 144 Å². The Morgan fingerprint density at radius 1 is 1.36 bits per heavy atom. The smallest absolute Gasteiger partial charge is 0.387 e. The molecule has 1 aromatic carbocycles. The maximum Gasteiger partial charge on any atom is 0.387 e.